The summed E-state index contributed by atoms with van der Waals surface area (Å²) in [6.45, 7) is 3.15. The highest BCUT2D eigenvalue weighted by molar-refractivity contribution is 5.86. The molecule has 0 saturated heterocycles. The van der Waals surface area contributed by atoms with Crippen molar-refractivity contribution in [2.45, 2.75) is 20.1 Å². The van der Waals surface area contributed by atoms with E-state index >= 15 is 0 Å². The summed E-state index contributed by atoms with van der Waals surface area (Å²) in [5.74, 6) is -0.431. The monoisotopic (exact) mass is 198 g/mol. The lowest BCUT2D eigenvalue weighted by Crippen LogP contribution is -2.02. The molecule has 0 saturated carbocycles. The Labute approximate surface area is 82.6 Å². The summed E-state index contributed by atoms with van der Waals surface area (Å²) in [7, 11) is 1.33. The van der Waals surface area contributed by atoms with Crippen molar-refractivity contribution in [2.24, 2.45) is 0 Å². The Balaban J connectivity index is 2.46. The van der Waals surface area contributed by atoms with Crippen LogP contribution in [-0.2, 0) is 16.2 Å². The first-order valence-corrected chi connectivity index (χ1v) is 4.45. The van der Waals surface area contributed by atoms with E-state index in [0.29, 0.717) is 19.0 Å². The first kappa shape index (κ1) is 10.7. The van der Waals surface area contributed by atoms with Crippen LogP contribution in [-0.4, -0.2) is 29.2 Å². The van der Waals surface area contributed by atoms with Crippen LogP contribution in [0.5, 0.6) is 0 Å². The van der Waals surface area contributed by atoms with E-state index in [1.165, 1.54) is 7.11 Å². The fraction of sp³-hybridized carbons (Fsp3) is 0.556. The molecule has 0 amide bonds. The molecule has 1 heterocycles. The molecule has 1 rings (SSSR count). The number of imidazole rings is 1. The van der Waals surface area contributed by atoms with E-state index in [9.17, 15) is 4.79 Å². The average molecular weight is 198 g/mol. The molecule has 1 aromatic heterocycles. The van der Waals surface area contributed by atoms with E-state index in [1.807, 2.05) is 6.92 Å². The van der Waals surface area contributed by atoms with Gasteiger partial charge in [-0.25, -0.2) is 9.78 Å². The summed E-state index contributed by atoms with van der Waals surface area (Å²) < 4.78 is 11.5. The largest absolute Gasteiger partial charge is 0.464 e. The van der Waals surface area contributed by atoms with E-state index < -0.39 is 5.97 Å². The van der Waals surface area contributed by atoms with Crippen LogP contribution in [0.4, 0.5) is 0 Å². The number of aromatic nitrogens is 2. The summed E-state index contributed by atoms with van der Waals surface area (Å²) in [6.07, 6.45) is 4.11. The molecule has 0 fully saturated rings. The van der Waals surface area contributed by atoms with E-state index in [1.54, 1.807) is 17.1 Å². The van der Waals surface area contributed by atoms with Crippen LogP contribution in [0.2, 0.25) is 0 Å². The van der Waals surface area contributed by atoms with Gasteiger partial charge in [-0.05, 0) is 6.42 Å². The first-order valence-electron chi connectivity index (χ1n) is 4.45. The molecule has 5 nitrogen and oxygen atoms in total. The number of rotatable bonds is 5. The second-order valence-corrected chi connectivity index (χ2v) is 2.80. The molecule has 0 aliphatic carbocycles. The maximum Gasteiger partial charge on any atom is 0.358 e. The predicted molar refractivity (Wildman–Crippen MR) is 49.8 cm³/mol. The minimum absolute atomic E-state index is 0.299. The molecule has 0 atom stereocenters. The second-order valence-electron chi connectivity index (χ2n) is 2.80. The highest BCUT2D eigenvalue weighted by atomic mass is 16.5. The molecule has 0 N–H and O–H groups in total. The number of ether oxygens (including phenoxy) is 2. The van der Waals surface area contributed by atoms with Crippen molar-refractivity contribution in [3.63, 3.8) is 0 Å². The SMILES string of the molecule is CCCOCn1cnc(C(=O)OC)c1. The maximum atomic E-state index is 11.0. The summed E-state index contributed by atoms with van der Waals surface area (Å²) in [6, 6.07) is 0. The zero-order valence-electron chi connectivity index (χ0n) is 8.40. The van der Waals surface area contributed by atoms with Gasteiger partial charge in [-0.1, -0.05) is 6.92 Å². The Kier molecular flexibility index (Phi) is 4.12. The van der Waals surface area contributed by atoms with Crippen molar-refractivity contribution in [2.75, 3.05) is 13.7 Å². The van der Waals surface area contributed by atoms with Gasteiger partial charge in [0.2, 0.25) is 0 Å². The van der Waals surface area contributed by atoms with Crippen molar-refractivity contribution in [1.82, 2.24) is 9.55 Å². The lowest BCUT2D eigenvalue weighted by Gasteiger charge is -2.01. The number of hydrogen-bond donors (Lipinski definition) is 0. The predicted octanol–water partition coefficient (Wildman–Crippen LogP) is 1.05. The van der Waals surface area contributed by atoms with Crippen LogP contribution >= 0.6 is 0 Å². The van der Waals surface area contributed by atoms with Gasteiger partial charge in [-0.2, -0.15) is 0 Å². The molecular formula is C9H14N2O3. The van der Waals surface area contributed by atoms with Crippen LogP contribution in [0.15, 0.2) is 12.5 Å². The fourth-order valence-electron chi connectivity index (χ4n) is 0.955. The van der Waals surface area contributed by atoms with Crippen LogP contribution in [0.25, 0.3) is 0 Å². The lowest BCUT2D eigenvalue weighted by atomic mass is 10.5. The number of methoxy groups -OCH3 is 1. The molecule has 0 unspecified atom stereocenters. The Hall–Kier alpha value is -1.36. The third-order valence-electron chi connectivity index (χ3n) is 1.62. The van der Waals surface area contributed by atoms with E-state index in [0.717, 1.165) is 6.42 Å². The molecule has 0 aliphatic heterocycles. The zero-order chi connectivity index (χ0) is 10.4. The summed E-state index contributed by atoms with van der Waals surface area (Å²) in [5.41, 5.74) is 0.299. The van der Waals surface area contributed by atoms with Gasteiger partial charge in [0.15, 0.2) is 5.69 Å². The summed E-state index contributed by atoms with van der Waals surface area (Å²) in [5, 5.41) is 0. The quantitative estimate of drug-likeness (QED) is 0.524. The molecule has 0 aliphatic rings. The molecular weight excluding hydrogens is 184 g/mol. The number of esters is 1. The van der Waals surface area contributed by atoms with Gasteiger partial charge < -0.3 is 14.0 Å². The van der Waals surface area contributed by atoms with Crippen LogP contribution in [0.3, 0.4) is 0 Å². The van der Waals surface area contributed by atoms with Crippen LogP contribution < -0.4 is 0 Å². The van der Waals surface area contributed by atoms with Gasteiger partial charge in [-0.3, -0.25) is 0 Å². The normalized spacial score (nSPS) is 10.1. The Morgan fingerprint density at radius 2 is 2.43 bits per heavy atom. The minimum atomic E-state index is -0.431. The molecule has 0 spiro atoms. The number of carbonyl (C=O) groups excluding carboxylic acids is 1. The Bertz CT molecular complexity index is 296. The highest BCUT2D eigenvalue weighted by Gasteiger charge is 2.08. The molecule has 0 radical (unpaired) electrons. The van der Waals surface area contributed by atoms with Gasteiger partial charge in [-0.15, -0.1) is 0 Å². The zero-order valence-corrected chi connectivity index (χ0v) is 8.40. The third-order valence-corrected chi connectivity index (χ3v) is 1.62. The fourth-order valence-corrected chi connectivity index (χ4v) is 0.955. The number of carbonyl (C=O) groups is 1. The van der Waals surface area contributed by atoms with Crippen molar-refractivity contribution in [1.29, 1.82) is 0 Å². The van der Waals surface area contributed by atoms with Crippen molar-refractivity contribution >= 4 is 5.97 Å². The van der Waals surface area contributed by atoms with Crippen LogP contribution in [0, 0.1) is 0 Å². The van der Waals surface area contributed by atoms with Gasteiger partial charge in [0.25, 0.3) is 0 Å². The topological polar surface area (TPSA) is 53.4 Å². The summed E-state index contributed by atoms with van der Waals surface area (Å²) >= 11 is 0. The smallest absolute Gasteiger partial charge is 0.358 e. The van der Waals surface area contributed by atoms with Gasteiger partial charge in [0.05, 0.1) is 13.4 Å². The van der Waals surface area contributed by atoms with Gasteiger partial charge >= 0.3 is 5.97 Å². The molecule has 0 bridgehead atoms. The van der Waals surface area contributed by atoms with Crippen LogP contribution in [0.1, 0.15) is 23.8 Å². The van der Waals surface area contributed by atoms with E-state index in [4.69, 9.17) is 4.74 Å². The van der Waals surface area contributed by atoms with E-state index in [2.05, 4.69) is 9.72 Å². The van der Waals surface area contributed by atoms with Crippen molar-refractivity contribution < 1.29 is 14.3 Å². The first-order chi connectivity index (χ1) is 6.77. The third kappa shape index (κ3) is 2.85. The lowest BCUT2D eigenvalue weighted by molar-refractivity contribution is 0.0592. The second kappa shape index (κ2) is 5.39. The number of hydrogen-bond acceptors (Lipinski definition) is 4. The van der Waals surface area contributed by atoms with E-state index in [-0.39, 0.29) is 0 Å². The number of nitrogens with zero attached hydrogens (tertiary/aromatic N) is 2. The Morgan fingerprint density at radius 1 is 1.64 bits per heavy atom. The molecule has 14 heavy (non-hydrogen) atoms. The molecule has 1 aromatic rings. The molecule has 5 heteroatoms. The molecule has 0 aromatic carbocycles. The summed E-state index contributed by atoms with van der Waals surface area (Å²) in [4.78, 5) is 14.9. The highest BCUT2D eigenvalue weighted by Crippen LogP contribution is 1.98. The van der Waals surface area contributed by atoms with Gasteiger partial charge in [0, 0.05) is 12.8 Å². The maximum absolute atomic E-state index is 11.0. The molecule has 78 valence electrons. The standard InChI is InChI=1S/C9H14N2O3/c1-3-4-14-7-11-5-8(10-6-11)9(12)13-2/h5-6H,3-4,7H2,1-2H3. The average Bonchev–Trinajstić information content (AvgIpc) is 2.66. The van der Waals surface area contributed by atoms with Gasteiger partial charge in [0.1, 0.15) is 6.73 Å². The van der Waals surface area contributed by atoms with Crippen molar-refractivity contribution in [3.05, 3.63) is 18.2 Å². The Morgan fingerprint density at radius 3 is 3.07 bits per heavy atom. The minimum Gasteiger partial charge on any atom is -0.464 e. The van der Waals surface area contributed by atoms with Crippen molar-refractivity contribution in [3.8, 4) is 0 Å².